The predicted molar refractivity (Wildman–Crippen MR) is 66.3 cm³/mol. The number of ether oxygens (including phenoxy) is 1. The van der Waals surface area contributed by atoms with Crippen molar-refractivity contribution in [1.82, 2.24) is 10.6 Å². The van der Waals surface area contributed by atoms with Crippen LogP contribution in [0.25, 0.3) is 0 Å². The molecule has 1 aliphatic rings. The first kappa shape index (κ1) is 14.8. The van der Waals surface area contributed by atoms with E-state index in [1.807, 2.05) is 6.92 Å². The van der Waals surface area contributed by atoms with Gasteiger partial charge in [0.1, 0.15) is 5.54 Å². The number of nitrogens with one attached hydrogen (secondary N) is 2. The van der Waals surface area contributed by atoms with E-state index in [1.165, 1.54) is 0 Å². The van der Waals surface area contributed by atoms with Gasteiger partial charge in [-0.2, -0.15) is 0 Å². The van der Waals surface area contributed by atoms with E-state index in [0.717, 1.165) is 12.8 Å². The Kier molecular flexibility index (Phi) is 4.95. The van der Waals surface area contributed by atoms with E-state index in [4.69, 9.17) is 4.74 Å². The fourth-order valence-corrected chi connectivity index (χ4v) is 1.88. The lowest BCUT2D eigenvalue weighted by molar-refractivity contribution is -0.144. The zero-order chi connectivity index (χ0) is 13.8. The Morgan fingerprint density at radius 3 is 2.56 bits per heavy atom. The van der Waals surface area contributed by atoms with Crippen LogP contribution in [0.2, 0.25) is 0 Å². The Morgan fingerprint density at radius 1 is 1.50 bits per heavy atom. The largest absolute Gasteiger partial charge is 0.480 e. The monoisotopic (exact) mass is 258 g/mol. The normalized spacial score (nSPS) is 19.7. The molecule has 0 aromatic rings. The maximum absolute atomic E-state index is 11.7. The third-order valence-electron chi connectivity index (χ3n) is 3.27. The van der Waals surface area contributed by atoms with Crippen LogP contribution in [0.4, 0.5) is 4.79 Å². The van der Waals surface area contributed by atoms with Crippen molar-refractivity contribution in [3.05, 3.63) is 0 Å². The maximum Gasteiger partial charge on any atom is 0.329 e. The summed E-state index contributed by atoms with van der Waals surface area (Å²) in [4.78, 5) is 22.9. The second kappa shape index (κ2) is 6.04. The van der Waals surface area contributed by atoms with Gasteiger partial charge in [0, 0.05) is 13.7 Å². The average molecular weight is 258 g/mol. The van der Waals surface area contributed by atoms with Crippen molar-refractivity contribution >= 4 is 12.0 Å². The van der Waals surface area contributed by atoms with Crippen molar-refractivity contribution in [3.8, 4) is 0 Å². The summed E-state index contributed by atoms with van der Waals surface area (Å²) in [6.07, 6.45) is 1.70. The van der Waals surface area contributed by atoms with Crippen molar-refractivity contribution < 1.29 is 19.4 Å². The average Bonchev–Trinajstić information content (AvgIpc) is 3.10. The number of carboxylic acids is 1. The molecule has 0 aliphatic heterocycles. The van der Waals surface area contributed by atoms with Crippen molar-refractivity contribution in [1.29, 1.82) is 0 Å². The first-order chi connectivity index (χ1) is 8.40. The van der Waals surface area contributed by atoms with Gasteiger partial charge in [-0.25, -0.2) is 9.59 Å². The van der Waals surface area contributed by atoms with Crippen LogP contribution in [0.5, 0.6) is 0 Å². The molecule has 2 amide bonds. The summed E-state index contributed by atoms with van der Waals surface area (Å²) < 4.78 is 4.96. The molecular formula is C12H22N2O4. The molecule has 2 unspecified atom stereocenters. The summed E-state index contributed by atoms with van der Waals surface area (Å²) in [5.41, 5.74) is -1.16. The minimum Gasteiger partial charge on any atom is -0.480 e. The molecule has 6 nitrogen and oxygen atoms in total. The van der Waals surface area contributed by atoms with Gasteiger partial charge in [-0.3, -0.25) is 0 Å². The molecule has 1 rings (SSSR count). The number of hydrogen-bond acceptors (Lipinski definition) is 3. The number of carbonyl (C=O) groups excluding carboxylic acids is 1. The van der Waals surface area contributed by atoms with Gasteiger partial charge >= 0.3 is 12.0 Å². The van der Waals surface area contributed by atoms with Gasteiger partial charge in [0.2, 0.25) is 0 Å². The molecule has 0 saturated heterocycles. The van der Waals surface area contributed by atoms with E-state index in [0.29, 0.717) is 13.2 Å². The van der Waals surface area contributed by atoms with E-state index < -0.39 is 17.5 Å². The summed E-state index contributed by atoms with van der Waals surface area (Å²) in [6.45, 7) is 4.52. The van der Waals surface area contributed by atoms with Crippen molar-refractivity contribution in [2.75, 3.05) is 20.3 Å². The number of rotatable bonds is 7. The first-order valence-electron chi connectivity index (χ1n) is 6.18. The molecular weight excluding hydrogens is 236 g/mol. The van der Waals surface area contributed by atoms with E-state index in [9.17, 15) is 14.7 Å². The molecule has 0 radical (unpaired) electrons. The highest BCUT2D eigenvalue weighted by Gasteiger charge is 2.48. The first-order valence-corrected chi connectivity index (χ1v) is 6.18. The number of hydrogen-bond donors (Lipinski definition) is 3. The van der Waals surface area contributed by atoms with Crippen LogP contribution < -0.4 is 10.6 Å². The Labute approximate surface area is 107 Å². The molecule has 0 aromatic carbocycles. The van der Waals surface area contributed by atoms with E-state index in [-0.39, 0.29) is 11.8 Å². The van der Waals surface area contributed by atoms with Crippen LogP contribution in [-0.4, -0.2) is 42.9 Å². The quantitative estimate of drug-likeness (QED) is 0.631. The van der Waals surface area contributed by atoms with E-state index in [2.05, 4.69) is 10.6 Å². The molecule has 1 fully saturated rings. The highest BCUT2D eigenvalue weighted by molar-refractivity contribution is 5.86. The fraction of sp³-hybridized carbons (Fsp3) is 0.833. The van der Waals surface area contributed by atoms with E-state index in [1.54, 1.807) is 14.0 Å². The molecule has 1 aliphatic carbocycles. The molecule has 6 heteroatoms. The van der Waals surface area contributed by atoms with Gasteiger partial charge in [0.15, 0.2) is 0 Å². The zero-order valence-electron chi connectivity index (χ0n) is 11.2. The van der Waals surface area contributed by atoms with Crippen LogP contribution >= 0.6 is 0 Å². The van der Waals surface area contributed by atoms with Crippen LogP contribution in [-0.2, 0) is 9.53 Å². The molecule has 18 heavy (non-hydrogen) atoms. The van der Waals surface area contributed by atoms with Gasteiger partial charge in [-0.1, -0.05) is 6.92 Å². The smallest absolute Gasteiger partial charge is 0.329 e. The number of urea groups is 1. The second-order valence-electron chi connectivity index (χ2n) is 5.18. The van der Waals surface area contributed by atoms with Gasteiger partial charge in [0.25, 0.3) is 0 Å². The fourth-order valence-electron chi connectivity index (χ4n) is 1.88. The maximum atomic E-state index is 11.7. The molecule has 3 N–H and O–H groups in total. The summed E-state index contributed by atoms with van der Waals surface area (Å²) in [6, 6.07) is -0.435. The second-order valence-corrected chi connectivity index (χ2v) is 5.18. The molecule has 0 aromatic heterocycles. The lowest BCUT2D eigenvalue weighted by Crippen LogP contribution is -2.57. The van der Waals surface area contributed by atoms with Crippen LogP contribution in [0.15, 0.2) is 0 Å². The molecule has 0 spiro atoms. The molecule has 0 bridgehead atoms. The standard InChI is InChI=1S/C12H22N2O4/c1-8(7-18-3)6-13-11(17)14-12(2,10(15)16)9-4-5-9/h8-9H,4-7H2,1-3H3,(H,15,16)(H2,13,14,17). The summed E-state index contributed by atoms with van der Waals surface area (Å²) in [5, 5.41) is 14.4. The number of methoxy groups -OCH3 is 1. The summed E-state index contributed by atoms with van der Waals surface area (Å²) >= 11 is 0. The number of amides is 2. The molecule has 0 heterocycles. The number of aliphatic carboxylic acids is 1. The minimum absolute atomic E-state index is 0.0390. The van der Waals surface area contributed by atoms with Crippen molar-refractivity contribution in [2.45, 2.75) is 32.2 Å². The van der Waals surface area contributed by atoms with Crippen LogP contribution in [0, 0.1) is 11.8 Å². The van der Waals surface area contributed by atoms with E-state index >= 15 is 0 Å². The van der Waals surface area contributed by atoms with Gasteiger partial charge in [-0.05, 0) is 31.6 Å². The van der Waals surface area contributed by atoms with Gasteiger partial charge < -0.3 is 20.5 Å². The predicted octanol–water partition coefficient (Wildman–Crippen LogP) is 0.821. The third kappa shape index (κ3) is 3.87. The lowest BCUT2D eigenvalue weighted by atomic mass is 9.96. The Balaban J connectivity index is 2.40. The number of carbonyl (C=O) groups is 2. The lowest BCUT2D eigenvalue weighted by Gasteiger charge is -2.26. The Morgan fingerprint density at radius 2 is 2.11 bits per heavy atom. The van der Waals surface area contributed by atoms with Crippen LogP contribution in [0.3, 0.4) is 0 Å². The van der Waals surface area contributed by atoms with Crippen molar-refractivity contribution in [3.63, 3.8) is 0 Å². The van der Waals surface area contributed by atoms with Crippen molar-refractivity contribution in [2.24, 2.45) is 11.8 Å². The minimum atomic E-state index is -1.16. The SMILES string of the molecule is COCC(C)CNC(=O)NC(C)(C(=O)O)C1CC1. The number of carboxylic acid groups (broad SMARTS) is 1. The Bertz CT molecular complexity index is 317. The Hall–Kier alpha value is -1.30. The summed E-state index contributed by atoms with van der Waals surface area (Å²) in [7, 11) is 1.60. The zero-order valence-corrected chi connectivity index (χ0v) is 11.2. The van der Waals surface area contributed by atoms with Gasteiger partial charge in [-0.15, -0.1) is 0 Å². The third-order valence-corrected chi connectivity index (χ3v) is 3.27. The topological polar surface area (TPSA) is 87.7 Å². The summed E-state index contributed by atoms with van der Waals surface area (Å²) in [5.74, 6) is -0.750. The molecule has 1 saturated carbocycles. The molecule has 2 atom stereocenters. The van der Waals surface area contributed by atoms with Gasteiger partial charge in [0.05, 0.1) is 6.61 Å². The highest BCUT2D eigenvalue weighted by Crippen LogP contribution is 2.39. The highest BCUT2D eigenvalue weighted by atomic mass is 16.5. The van der Waals surface area contributed by atoms with Crippen LogP contribution in [0.1, 0.15) is 26.7 Å². The molecule has 104 valence electrons.